The summed E-state index contributed by atoms with van der Waals surface area (Å²) in [5, 5.41) is 44.9. The van der Waals surface area contributed by atoms with Crippen molar-refractivity contribution in [2.24, 2.45) is 11.3 Å². The quantitative estimate of drug-likeness (QED) is 0.0128. The molecule has 2 aliphatic carbocycles. The average Bonchev–Trinajstić information content (AvgIpc) is 1.69. The molecule has 2 aliphatic rings. The molecule has 0 aromatic heterocycles. The fourth-order valence-electron chi connectivity index (χ4n) is 14.1. The number of rotatable bonds is 37. The number of carbonyl (C=O) groups is 5. The van der Waals surface area contributed by atoms with Crippen LogP contribution in [0.3, 0.4) is 0 Å². The van der Waals surface area contributed by atoms with Crippen LogP contribution in [0.1, 0.15) is 185 Å². The second-order valence-electron chi connectivity index (χ2n) is 36.7. The van der Waals surface area contributed by atoms with E-state index in [2.05, 4.69) is 60.1 Å². The van der Waals surface area contributed by atoms with Crippen LogP contribution < -0.4 is 53.2 Å². The van der Waals surface area contributed by atoms with E-state index in [1.54, 1.807) is 117 Å². The molecule has 12 rings (SSSR count). The molecule has 10 aromatic rings. The Morgan fingerprint density at radius 3 is 1.05 bits per heavy atom. The van der Waals surface area contributed by atoms with Crippen molar-refractivity contribution in [2.45, 2.75) is 196 Å². The predicted octanol–water partition coefficient (Wildman–Crippen LogP) is 30.7. The van der Waals surface area contributed by atoms with Gasteiger partial charge in [0.15, 0.2) is 0 Å². The minimum atomic E-state index is -0.862. The van der Waals surface area contributed by atoms with Gasteiger partial charge in [-0.2, -0.15) is 0 Å². The van der Waals surface area contributed by atoms with E-state index in [4.69, 9.17) is 160 Å². The lowest BCUT2D eigenvalue weighted by atomic mass is 9.97. The molecular formula is C104H116Cl13F5N10O8. The Kier molecular flexibility index (Phi) is 46.7. The van der Waals surface area contributed by atoms with Crippen LogP contribution in [0.15, 0.2) is 152 Å². The highest BCUT2D eigenvalue weighted by atomic mass is 35.5. The van der Waals surface area contributed by atoms with Gasteiger partial charge in [0.25, 0.3) is 0 Å². The number of benzene rings is 10. The number of aliphatic hydroxyl groups is 1. The molecule has 0 saturated heterocycles. The molecule has 36 heteroatoms. The topological polar surface area (TPSA) is 244 Å². The number of nitrogens with one attached hydrogen (secondary N) is 10. The number of ether oxygens (including phenoxy) is 2. The maximum Gasteiger partial charge on any atom is 0.224 e. The molecule has 5 amide bonds. The molecular weight excluding hydrogens is 2070 g/mol. The van der Waals surface area contributed by atoms with Gasteiger partial charge in [-0.15, -0.1) is 0 Å². The SMILES string of the molecule is CC(C)(O)CCNC(=O)Cc1cc(Nc2c(Cl)cc(Cl)cc2C2CC2)ccc1F.CC(C)c1cc(Cl)cc(Cl)c1Nc1ccc(F)c(CC(=O)NCC(C)(C)C)c1.CC1CCC(NC(=O)Cc2cc(Nc3c(Cl)cc(Cl)cc3Cl)ccc2F)C1.CCCOC(C)(C)CNC(=O)Cc1cc(Nc2c(Cl)cc(Cl)cc2Cl)ccc1F.CCCOCCNC(=O)Cc1cc(Nc2c(Cl)cc(Cl)cc2Cl)ccc1F. The maximum atomic E-state index is 14.2. The zero-order valence-electron chi connectivity index (χ0n) is 79.5. The van der Waals surface area contributed by atoms with E-state index in [0.29, 0.717) is 186 Å². The highest BCUT2D eigenvalue weighted by Gasteiger charge is 2.30. The number of anilines is 10. The first-order valence-corrected chi connectivity index (χ1v) is 50.3. The minimum Gasteiger partial charge on any atom is -0.390 e. The van der Waals surface area contributed by atoms with Crippen LogP contribution in [-0.2, 0) is 65.6 Å². The molecule has 18 nitrogen and oxygen atoms in total. The molecule has 2 saturated carbocycles. The van der Waals surface area contributed by atoms with Crippen molar-refractivity contribution in [1.29, 1.82) is 0 Å². The summed E-state index contributed by atoms with van der Waals surface area (Å²) in [5.41, 5.74) is 7.94. The van der Waals surface area contributed by atoms with Gasteiger partial charge in [-0.1, -0.05) is 206 Å². The van der Waals surface area contributed by atoms with E-state index in [-0.39, 0.29) is 95.7 Å². The fourth-order valence-corrected chi connectivity index (χ4v) is 18.0. The molecule has 2 unspecified atom stereocenters. The highest BCUT2D eigenvalue weighted by molar-refractivity contribution is 6.44. The van der Waals surface area contributed by atoms with Crippen molar-refractivity contribution in [1.82, 2.24) is 26.6 Å². The van der Waals surface area contributed by atoms with Crippen LogP contribution >= 0.6 is 151 Å². The first-order valence-electron chi connectivity index (χ1n) is 45.4. The number of hydrogen-bond donors (Lipinski definition) is 11. The number of carbonyl (C=O) groups excluding carboxylic acids is 5. The van der Waals surface area contributed by atoms with Crippen molar-refractivity contribution < 1.29 is 60.5 Å². The molecule has 0 spiro atoms. The summed E-state index contributed by atoms with van der Waals surface area (Å²) in [5.74, 6) is -2.24. The molecule has 2 atom stereocenters. The van der Waals surface area contributed by atoms with Gasteiger partial charge in [-0.3, -0.25) is 24.0 Å². The largest absolute Gasteiger partial charge is 0.390 e. The third-order valence-corrected chi connectivity index (χ3v) is 24.9. The zero-order valence-corrected chi connectivity index (χ0v) is 89.3. The van der Waals surface area contributed by atoms with E-state index < -0.39 is 40.3 Å². The molecule has 10 aromatic carbocycles. The van der Waals surface area contributed by atoms with Crippen molar-refractivity contribution >= 4 is 237 Å². The van der Waals surface area contributed by atoms with Crippen LogP contribution in [-0.4, -0.2) is 97.9 Å². The van der Waals surface area contributed by atoms with E-state index in [9.17, 15) is 51.0 Å². The Balaban J connectivity index is 0.000000214. The summed E-state index contributed by atoms with van der Waals surface area (Å²) in [6.07, 6.45) is 7.15. The van der Waals surface area contributed by atoms with Gasteiger partial charge < -0.3 is 67.7 Å². The third kappa shape index (κ3) is 40.1. The number of amides is 5. The first-order chi connectivity index (χ1) is 65.9. The van der Waals surface area contributed by atoms with Gasteiger partial charge in [0, 0.05) is 99.0 Å². The Morgan fingerprint density at radius 1 is 0.386 bits per heavy atom. The van der Waals surface area contributed by atoms with Gasteiger partial charge in [0.05, 0.1) is 119 Å². The van der Waals surface area contributed by atoms with Crippen molar-refractivity contribution in [3.05, 3.63) is 285 Å². The van der Waals surface area contributed by atoms with E-state index in [1.165, 1.54) is 36.4 Å². The lowest BCUT2D eigenvalue weighted by Crippen LogP contribution is -2.41. The Labute approximate surface area is 881 Å². The summed E-state index contributed by atoms with van der Waals surface area (Å²) in [6.45, 7) is 26.8. The molecule has 2 fully saturated rings. The number of halogens is 18. The van der Waals surface area contributed by atoms with Crippen molar-refractivity contribution in [3.63, 3.8) is 0 Å². The minimum absolute atomic E-state index is 0.0195. The van der Waals surface area contributed by atoms with Crippen LogP contribution in [0.2, 0.25) is 65.3 Å². The first kappa shape index (κ1) is 117. The Morgan fingerprint density at radius 2 is 0.707 bits per heavy atom. The smallest absolute Gasteiger partial charge is 0.224 e. The molecule has 0 heterocycles. The summed E-state index contributed by atoms with van der Waals surface area (Å²) in [4.78, 5) is 60.9. The molecule has 140 heavy (non-hydrogen) atoms. The standard InChI is InChI=1S/C22H25Cl2FN2O2.C22H27Cl2FN2O.C21H24Cl3FN2O2.C20H20Cl3FN2O.C19H20Cl3FN2O2/c1-22(2,29)7-8-26-20(28)10-14-9-16(5-6-19(14)25)27-21-17(13-3-4-13)11-15(23)12-18(21)24;1-13(2)17-10-15(23)11-18(24)21(17)27-16-6-7-19(25)14(8-16)9-20(28)26-12-22(3,4)5;1-4-7-29-21(2,3)12-26-19(28)9-13-8-15(5-6-18(13)25)27-20-16(23)10-14(22)11-17(20)24;1-11-2-3-14(6-11)25-19(27)8-12-7-15(4-5-18(12)24)26-20-16(22)9-13(21)10-17(20)23;1-2-6-27-7-5-24-18(26)9-12-8-14(3-4-17(12)23)25-19-15(21)10-13(20)11-16(19)22/h5-6,9,11-13,27,29H,3-4,7-8,10H2,1-2H3,(H,26,28);6-8,10-11,13,27H,9,12H2,1-5H3,(H,26,28);5-6,8,10-11,27H,4,7,9,12H2,1-3H3,(H,26,28);4-5,7,9-11,14,26H,2-3,6,8H2,1H3,(H,25,27);3-4,8,10-11,25H,2,5-7,9H2,1H3,(H,24,26). The van der Waals surface area contributed by atoms with Gasteiger partial charge in [-0.05, 0) is 293 Å². The average molecular weight is 2190 g/mol. The molecule has 0 radical (unpaired) electrons. The number of hydrogen-bond acceptors (Lipinski definition) is 13. The van der Waals surface area contributed by atoms with Gasteiger partial charge in [0.1, 0.15) is 29.1 Å². The molecule has 11 N–H and O–H groups in total. The van der Waals surface area contributed by atoms with Crippen LogP contribution in [0.25, 0.3) is 0 Å². The van der Waals surface area contributed by atoms with Crippen molar-refractivity contribution in [2.75, 3.05) is 72.6 Å². The zero-order chi connectivity index (χ0) is 103. The lowest BCUT2D eigenvalue weighted by molar-refractivity contribution is -0.122. The third-order valence-electron chi connectivity index (χ3n) is 21.4. The van der Waals surface area contributed by atoms with Crippen LogP contribution in [0.4, 0.5) is 78.8 Å². The second-order valence-corrected chi connectivity index (χ2v) is 42.1. The van der Waals surface area contributed by atoms with Crippen LogP contribution in [0, 0.1) is 40.4 Å². The van der Waals surface area contributed by atoms with Gasteiger partial charge >= 0.3 is 0 Å². The van der Waals surface area contributed by atoms with E-state index in [1.807, 2.05) is 74.4 Å². The second kappa shape index (κ2) is 55.8. The van der Waals surface area contributed by atoms with E-state index in [0.717, 1.165) is 67.4 Å². The lowest BCUT2D eigenvalue weighted by Gasteiger charge is -2.25. The molecule has 0 aliphatic heterocycles. The molecule has 756 valence electrons. The van der Waals surface area contributed by atoms with Gasteiger partial charge in [0.2, 0.25) is 29.5 Å². The monoisotopic (exact) mass is 2180 g/mol. The van der Waals surface area contributed by atoms with Crippen LogP contribution in [0.5, 0.6) is 0 Å². The van der Waals surface area contributed by atoms with Crippen molar-refractivity contribution in [3.8, 4) is 0 Å². The van der Waals surface area contributed by atoms with E-state index >= 15 is 0 Å². The fraction of sp³-hybridized carbons (Fsp3) is 0.375. The highest BCUT2D eigenvalue weighted by Crippen LogP contribution is 2.48. The Bertz CT molecular complexity index is 5880. The summed E-state index contributed by atoms with van der Waals surface area (Å²) < 4.78 is 81.9. The predicted molar refractivity (Wildman–Crippen MR) is 569 cm³/mol. The summed E-state index contributed by atoms with van der Waals surface area (Å²) in [6, 6.07) is 39.1. The molecule has 0 bridgehead atoms. The summed E-state index contributed by atoms with van der Waals surface area (Å²) >= 11 is 79.8. The Hall–Kier alpha value is -8.15. The summed E-state index contributed by atoms with van der Waals surface area (Å²) in [7, 11) is 0. The van der Waals surface area contributed by atoms with Gasteiger partial charge in [-0.25, -0.2) is 22.0 Å². The normalized spacial score (nSPS) is 13.3. The maximum absolute atomic E-state index is 14.2.